The molecule has 20 heavy (non-hydrogen) atoms. The van der Waals surface area contributed by atoms with Crippen LogP contribution in [-0.4, -0.2) is 15.9 Å². The molecule has 0 atom stereocenters. The van der Waals surface area contributed by atoms with Gasteiger partial charge in [0.15, 0.2) is 5.13 Å². The Morgan fingerprint density at radius 2 is 2.10 bits per heavy atom. The van der Waals surface area contributed by atoms with Crippen LogP contribution in [0.1, 0.15) is 24.3 Å². The van der Waals surface area contributed by atoms with Crippen molar-refractivity contribution in [2.75, 3.05) is 5.73 Å². The lowest BCUT2D eigenvalue weighted by Gasteiger charge is -2.25. The van der Waals surface area contributed by atoms with Crippen LogP contribution in [-0.2, 0) is 13.1 Å². The summed E-state index contributed by atoms with van der Waals surface area (Å²) >= 11 is 7.57. The Bertz CT molecular complexity index is 543. The maximum absolute atomic E-state index is 6.03. The van der Waals surface area contributed by atoms with Crippen molar-refractivity contribution in [2.24, 2.45) is 0 Å². The second kappa shape index (κ2) is 7.84. The van der Waals surface area contributed by atoms with Crippen molar-refractivity contribution < 1.29 is 0 Å². The summed E-state index contributed by atoms with van der Waals surface area (Å²) in [6.07, 6.45) is 1.85. The van der Waals surface area contributed by atoms with E-state index in [2.05, 4.69) is 29.8 Å². The lowest BCUT2D eigenvalue weighted by Crippen LogP contribution is -2.29. The molecule has 0 unspecified atom stereocenters. The monoisotopic (exact) mass is 331 g/mol. The van der Waals surface area contributed by atoms with E-state index in [0.717, 1.165) is 18.1 Å². The molecule has 0 bridgehead atoms. The zero-order chi connectivity index (χ0) is 13.8. The highest BCUT2D eigenvalue weighted by Gasteiger charge is 2.12. The van der Waals surface area contributed by atoms with E-state index in [4.69, 9.17) is 17.3 Å². The maximum Gasteiger partial charge on any atom is 0.180 e. The quantitative estimate of drug-likeness (QED) is 0.892. The fourth-order valence-corrected chi connectivity index (χ4v) is 2.81. The first-order chi connectivity index (χ1) is 9.04. The lowest BCUT2D eigenvalue weighted by atomic mass is 10.2. The first kappa shape index (κ1) is 17.2. The van der Waals surface area contributed by atoms with Crippen LogP contribution in [0.25, 0.3) is 0 Å². The Morgan fingerprint density at radius 3 is 2.65 bits per heavy atom. The standard InChI is InChI=1S/C14H18ClN3S.ClH/c1-10(2)18(9-13-7-17-14(16)19-13)8-11-4-3-5-12(15)6-11;/h3-7,10H,8-9H2,1-2H3,(H2,16,17);1H. The second-order valence-electron chi connectivity index (χ2n) is 4.79. The van der Waals surface area contributed by atoms with E-state index in [9.17, 15) is 0 Å². The Labute approximate surface area is 135 Å². The van der Waals surface area contributed by atoms with Gasteiger partial charge in [0.05, 0.1) is 0 Å². The number of anilines is 1. The van der Waals surface area contributed by atoms with Crippen molar-refractivity contribution in [1.29, 1.82) is 0 Å². The first-order valence-corrected chi connectivity index (χ1v) is 7.42. The van der Waals surface area contributed by atoms with Crippen molar-refractivity contribution in [1.82, 2.24) is 9.88 Å². The molecule has 0 aliphatic rings. The minimum absolute atomic E-state index is 0. The lowest BCUT2D eigenvalue weighted by molar-refractivity contribution is 0.205. The molecule has 6 heteroatoms. The topological polar surface area (TPSA) is 42.2 Å². The molecule has 0 amide bonds. The fraction of sp³-hybridized carbons (Fsp3) is 0.357. The summed E-state index contributed by atoms with van der Waals surface area (Å²) in [5.74, 6) is 0. The smallest absolute Gasteiger partial charge is 0.180 e. The molecule has 0 aliphatic carbocycles. The van der Waals surface area contributed by atoms with E-state index in [1.54, 1.807) is 11.3 Å². The number of aromatic nitrogens is 1. The second-order valence-corrected chi connectivity index (χ2v) is 6.38. The number of nitrogen functional groups attached to an aromatic ring is 1. The van der Waals surface area contributed by atoms with Crippen molar-refractivity contribution >= 4 is 40.5 Å². The number of hydrogen-bond donors (Lipinski definition) is 1. The third-order valence-electron chi connectivity index (χ3n) is 2.94. The molecule has 2 N–H and O–H groups in total. The summed E-state index contributed by atoms with van der Waals surface area (Å²) < 4.78 is 0. The summed E-state index contributed by atoms with van der Waals surface area (Å²) in [7, 11) is 0. The predicted octanol–water partition coefficient (Wildman–Crippen LogP) is 4.21. The molecule has 2 aromatic rings. The first-order valence-electron chi connectivity index (χ1n) is 6.23. The zero-order valence-corrected chi connectivity index (χ0v) is 13.9. The maximum atomic E-state index is 6.03. The van der Waals surface area contributed by atoms with Gasteiger partial charge in [0, 0.05) is 35.2 Å². The Balaban J connectivity index is 0.00000200. The Kier molecular flexibility index (Phi) is 6.76. The van der Waals surface area contributed by atoms with Crippen LogP contribution in [0.4, 0.5) is 5.13 Å². The summed E-state index contributed by atoms with van der Waals surface area (Å²) in [6.45, 7) is 6.11. The van der Waals surface area contributed by atoms with Crippen molar-refractivity contribution in [3.63, 3.8) is 0 Å². The molecule has 3 nitrogen and oxygen atoms in total. The fourth-order valence-electron chi connectivity index (χ4n) is 1.89. The molecular weight excluding hydrogens is 313 g/mol. The van der Waals surface area contributed by atoms with E-state index in [1.807, 2.05) is 24.4 Å². The van der Waals surface area contributed by atoms with Gasteiger partial charge in [-0.3, -0.25) is 4.90 Å². The molecule has 2 rings (SSSR count). The summed E-state index contributed by atoms with van der Waals surface area (Å²) in [4.78, 5) is 7.66. The molecule has 0 radical (unpaired) electrons. The summed E-state index contributed by atoms with van der Waals surface area (Å²) in [5, 5.41) is 1.41. The summed E-state index contributed by atoms with van der Waals surface area (Å²) in [5.41, 5.74) is 6.90. The van der Waals surface area contributed by atoms with E-state index >= 15 is 0 Å². The molecular formula is C14H19Cl2N3S. The molecule has 1 heterocycles. The van der Waals surface area contributed by atoms with Gasteiger partial charge in [-0.05, 0) is 31.5 Å². The Hall–Kier alpha value is -0.810. The molecule has 0 saturated carbocycles. The van der Waals surface area contributed by atoms with E-state index in [1.165, 1.54) is 10.4 Å². The van der Waals surface area contributed by atoms with E-state index in [-0.39, 0.29) is 12.4 Å². The number of nitrogens with two attached hydrogens (primary N) is 1. The van der Waals surface area contributed by atoms with Gasteiger partial charge >= 0.3 is 0 Å². The molecule has 0 saturated heterocycles. The average Bonchev–Trinajstić information content (AvgIpc) is 2.74. The normalized spacial score (nSPS) is 10.8. The van der Waals surface area contributed by atoms with Gasteiger partial charge in [0.25, 0.3) is 0 Å². The molecule has 0 fully saturated rings. The van der Waals surface area contributed by atoms with Crippen LogP contribution in [0, 0.1) is 0 Å². The molecule has 0 aliphatic heterocycles. The minimum Gasteiger partial charge on any atom is -0.375 e. The largest absolute Gasteiger partial charge is 0.375 e. The average molecular weight is 332 g/mol. The van der Waals surface area contributed by atoms with Crippen LogP contribution in [0.15, 0.2) is 30.5 Å². The minimum atomic E-state index is 0. The highest BCUT2D eigenvalue weighted by atomic mass is 35.5. The SMILES string of the molecule is CC(C)N(Cc1cccc(Cl)c1)Cc1cnc(N)s1.Cl. The van der Waals surface area contributed by atoms with E-state index < -0.39 is 0 Å². The van der Waals surface area contributed by atoms with Crippen LogP contribution in [0.3, 0.4) is 0 Å². The Morgan fingerprint density at radius 1 is 1.35 bits per heavy atom. The van der Waals surface area contributed by atoms with Gasteiger partial charge in [-0.2, -0.15) is 0 Å². The van der Waals surface area contributed by atoms with Crippen molar-refractivity contribution in [2.45, 2.75) is 33.0 Å². The third-order valence-corrected chi connectivity index (χ3v) is 3.98. The molecule has 1 aromatic carbocycles. The molecule has 1 aromatic heterocycles. The van der Waals surface area contributed by atoms with Gasteiger partial charge in [-0.25, -0.2) is 4.98 Å². The van der Waals surface area contributed by atoms with Crippen molar-refractivity contribution in [3.8, 4) is 0 Å². The van der Waals surface area contributed by atoms with Crippen LogP contribution in [0.2, 0.25) is 5.02 Å². The van der Waals surface area contributed by atoms with Gasteiger partial charge in [0.1, 0.15) is 0 Å². The highest BCUT2D eigenvalue weighted by molar-refractivity contribution is 7.15. The van der Waals surface area contributed by atoms with Gasteiger partial charge in [-0.15, -0.1) is 23.7 Å². The van der Waals surface area contributed by atoms with E-state index in [0.29, 0.717) is 11.2 Å². The van der Waals surface area contributed by atoms with Crippen LogP contribution in [0.5, 0.6) is 0 Å². The van der Waals surface area contributed by atoms with Crippen LogP contribution >= 0.6 is 35.3 Å². The number of benzene rings is 1. The number of nitrogens with zero attached hydrogens (tertiary/aromatic N) is 2. The number of hydrogen-bond acceptors (Lipinski definition) is 4. The predicted molar refractivity (Wildman–Crippen MR) is 89.6 cm³/mol. The summed E-state index contributed by atoms with van der Waals surface area (Å²) in [6, 6.07) is 8.44. The third kappa shape index (κ3) is 4.94. The number of halogens is 2. The highest BCUT2D eigenvalue weighted by Crippen LogP contribution is 2.20. The molecule has 0 spiro atoms. The van der Waals surface area contributed by atoms with Gasteiger partial charge in [-0.1, -0.05) is 23.7 Å². The number of thiazole rings is 1. The zero-order valence-electron chi connectivity index (χ0n) is 11.5. The van der Waals surface area contributed by atoms with Crippen LogP contribution < -0.4 is 5.73 Å². The van der Waals surface area contributed by atoms with Gasteiger partial charge in [0.2, 0.25) is 0 Å². The number of rotatable bonds is 5. The van der Waals surface area contributed by atoms with Gasteiger partial charge < -0.3 is 5.73 Å². The molecule has 110 valence electrons. The van der Waals surface area contributed by atoms with Crippen molar-refractivity contribution in [3.05, 3.63) is 45.9 Å².